The fourth-order valence-corrected chi connectivity index (χ4v) is 1.69. The number of hydrogen-bond acceptors (Lipinski definition) is 2. The Balaban J connectivity index is 2.58. The van der Waals surface area contributed by atoms with Crippen molar-refractivity contribution in [2.75, 3.05) is 6.61 Å². The van der Waals surface area contributed by atoms with E-state index >= 15 is 0 Å². The Labute approximate surface area is 96.6 Å². The van der Waals surface area contributed by atoms with E-state index in [2.05, 4.69) is 15.9 Å². The van der Waals surface area contributed by atoms with Crippen LogP contribution >= 0.6 is 15.9 Å². The summed E-state index contributed by atoms with van der Waals surface area (Å²) in [7, 11) is 0. The minimum absolute atomic E-state index is 0.295. The van der Waals surface area contributed by atoms with Crippen molar-refractivity contribution in [3.05, 3.63) is 35.6 Å². The minimum Gasteiger partial charge on any atom is -0.465 e. The van der Waals surface area contributed by atoms with Gasteiger partial charge in [0, 0.05) is 0 Å². The third-order valence-electron chi connectivity index (χ3n) is 1.85. The summed E-state index contributed by atoms with van der Waals surface area (Å²) < 4.78 is 17.7. The third kappa shape index (κ3) is 4.00. The fourth-order valence-electron chi connectivity index (χ4n) is 1.19. The summed E-state index contributed by atoms with van der Waals surface area (Å²) in [5, 5.41) is 0. The molecule has 0 aliphatic heterocycles. The summed E-state index contributed by atoms with van der Waals surface area (Å²) >= 11 is 3.21. The second kappa shape index (κ2) is 5.85. The van der Waals surface area contributed by atoms with Gasteiger partial charge < -0.3 is 4.74 Å². The van der Waals surface area contributed by atoms with Gasteiger partial charge in [-0.1, -0.05) is 28.1 Å². The van der Waals surface area contributed by atoms with Crippen LogP contribution in [0, 0.1) is 5.82 Å². The van der Waals surface area contributed by atoms with Crippen LogP contribution < -0.4 is 0 Å². The maximum atomic E-state index is 12.8. The summed E-state index contributed by atoms with van der Waals surface area (Å²) in [4.78, 5) is 10.9. The molecule has 15 heavy (non-hydrogen) atoms. The van der Waals surface area contributed by atoms with E-state index in [1.165, 1.54) is 12.1 Å². The van der Waals surface area contributed by atoms with E-state index in [-0.39, 0.29) is 11.8 Å². The first-order valence-electron chi connectivity index (χ1n) is 4.68. The lowest BCUT2D eigenvalue weighted by molar-refractivity contribution is -0.142. The molecule has 0 fully saturated rings. The van der Waals surface area contributed by atoms with Gasteiger partial charge in [0.05, 0.1) is 6.61 Å². The van der Waals surface area contributed by atoms with Gasteiger partial charge in [-0.3, -0.25) is 4.79 Å². The molecule has 0 aromatic heterocycles. The summed E-state index contributed by atoms with van der Waals surface area (Å²) in [5.41, 5.74) is 0.768. The van der Waals surface area contributed by atoms with E-state index in [1.807, 2.05) is 0 Å². The molecule has 0 saturated heterocycles. The van der Waals surface area contributed by atoms with Gasteiger partial charge in [-0.05, 0) is 31.0 Å². The Kier molecular flexibility index (Phi) is 4.75. The maximum Gasteiger partial charge on any atom is 0.320 e. The van der Waals surface area contributed by atoms with Crippen molar-refractivity contribution in [2.24, 2.45) is 0 Å². The van der Waals surface area contributed by atoms with Gasteiger partial charge >= 0.3 is 5.97 Å². The number of ether oxygens (including phenoxy) is 1. The molecule has 1 unspecified atom stereocenters. The Morgan fingerprint density at radius 2 is 2.33 bits per heavy atom. The van der Waals surface area contributed by atoms with Crippen LogP contribution in [0.15, 0.2) is 24.3 Å². The van der Waals surface area contributed by atoms with Crippen LogP contribution in [0.4, 0.5) is 4.39 Å². The Bertz CT molecular complexity index is 341. The number of hydrogen-bond donors (Lipinski definition) is 0. The molecule has 0 amide bonds. The molecule has 0 heterocycles. The summed E-state index contributed by atoms with van der Waals surface area (Å²) in [6.07, 6.45) is 0.427. The normalized spacial score (nSPS) is 12.2. The highest BCUT2D eigenvalue weighted by atomic mass is 79.9. The Morgan fingerprint density at radius 1 is 1.60 bits per heavy atom. The molecule has 0 saturated carbocycles. The summed E-state index contributed by atoms with van der Waals surface area (Å²) in [5.74, 6) is -0.613. The van der Waals surface area contributed by atoms with Crippen LogP contribution in [0.5, 0.6) is 0 Å². The van der Waals surface area contributed by atoms with Crippen molar-refractivity contribution < 1.29 is 13.9 Å². The molecule has 0 N–H and O–H groups in total. The Morgan fingerprint density at radius 3 is 2.93 bits per heavy atom. The van der Waals surface area contributed by atoms with Gasteiger partial charge in [-0.2, -0.15) is 0 Å². The van der Waals surface area contributed by atoms with Crippen molar-refractivity contribution in [3.8, 4) is 0 Å². The second-order valence-corrected chi connectivity index (χ2v) is 4.16. The fraction of sp³-hybridized carbons (Fsp3) is 0.364. The monoisotopic (exact) mass is 274 g/mol. The molecule has 0 bridgehead atoms. The predicted molar refractivity (Wildman–Crippen MR) is 59.5 cm³/mol. The van der Waals surface area contributed by atoms with E-state index < -0.39 is 4.83 Å². The molecule has 0 aliphatic carbocycles. The Hall–Kier alpha value is -0.900. The van der Waals surface area contributed by atoms with Crippen molar-refractivity contribution in [1.82, 2.24) is 0 Å². The largest absolute Gasteiger partial charge is 0.465 e. The topological polar surface area (TPSA) is 26.3 Å². The quantitative estimate of drug-likeness (QED) is 0.623. The number of alkyl halides is 1. The zero-order valence-electron chi connectivity index (χ0n) is 8.37. The van der Waals surface area contributed by atoms with E-state index in [1.54, 1.807) is 19.1 Å². The average Bonchev–Trinajstić information content (AvgIpc) is 2.18. The van der Waals surface area contributed by atoms with Gasteiger partial charge in [0.15, 0.2) is 0 Å². The van der Waals surface area contributed by atoms with Gasteiger partial charge in [-0.25, -0.2) is 4.39 Å². The number of halogens is 2. The minimum atomic E-state index is -0.417. The van der Waals surface area contributed by atoms with E-state index in [0.29, 0.717) is 13.0 Å². The molecule has 82 valence electrons. The van der Waals surface area contributed by atoms with Gasteiger partial charge in [0.1, 0.15) is 10.6 Å². The summed E-state index contributed by atoms with van der Waals surface area (Å²) in [6.45, 7) is 2.10. The summed E-state index contributed by atoms with van der Waals surface area (Å²) in [6, 6.07) is 6.18. The van der Waals surface area contributed by atoms with E-state index in [9.17, 15) is 9.18 Å². The smallest absolute Gasteiger partial charge is 0.320 e. The first-order valence-corrected chi connectivity index (χ1v) is 5.60. The number of esters is 1. The van der Waals surface area contributed by atoms with Crippen LogP contribution in [0.2, 0.25) is 0 Å². The average molecular weight is 275 g/mol. The lowest BCUT2D eigenvalue weighted by Gasteiger charge is -2.08. The van der Waals surface area contributed by atoms with Gasteiger partial charge in [0.25, 0.3) is 0 Å². The molecule has 4 heteroatoms. The van der Waals surface area contributed by atoms with Crippen LogP contribution in [0.25, 0.3) is 0 Å². The number of carbonyl (C=O) groups excluding carboxylic acids is 1. The molecule has 2 nitrogen and oxygen atoms in total. The standard InChI is InChI=1S/C11H12BrFO2/c1-2-15-11(14)10(12)7-8-4-3-5-9(13)6-8/h3-6,10H,2,7H2,1H3. The molecular weight excluding hydrogens is 263 g/mol. The molecule has 1 aromatic rings. The zero-order chi connectivity index (χ0) is 11.3. The molecule has 1 rings (SSSR count). The van der Waals surface area contributed by atoms with Gasteiger partial charge in [0.2, 0.25) is 0 Å². The number of benzene rings is 1. The van der Waals surface area contributed by atoms with Crippen molar-refractivity contribution >= 4 is 21.9 Å². The molecule has 0 aliphatic rings. The first-order chi connectivity index (χ1) is 7.13. The van der Waals surface area contributed by atoms with Crippen molar-refractivity contribution in [1.29, 1.82) is 0 Å². The third-order valence-corrected chi connectivity index (χ3v) is 2.54. The zero-order valence-corrected chi connectivity index (χ0v) is 9.96. The maximum absolute atomic E-state index is 12.8. The highest BCUT2D eigenvalue weighted by Crippen LogP contribution is 2.12. The van der Waals surface area contributed by atoms with E-state index in [4.69, 9.17) is 4.74 Å². The van der Waals surface area contributed by atoms with Crippen LogP contribution in [-0.4, -0.2) is 17.4 Å². The lowest BCUT2D eigenvalue weighted by Crippen LogP contribution is -2.19. The van der Waals surface area contributed by atoms with Crippen LogP contribution in [0.1, 0.15) is 12.5 Å². The molecule has 0 radical (unpaired) electrons. The van der Waals surface area contributed by atoms with Crippen LogP contribution in [-0.2, 0) is 16.0 Å². The SMILES string of the molecule is CCOC(=O)C(Br)Cc1cccc(F)c1. The van der Waals surface area contributed by atoms with E-state index in [0.717, 1.165) is 5.56 Å². The predicted octanol–water partition coefficient (Wildman–Crippen LogP) is 2.69. The number of rotatable bonds is 4. The molecular formula is C11H12BrFO2. The highest BCUT2D eigenvalue weighted by molar-refractivity contribution is 9.10. The first kappa shape index (κ1) is 12.2. The molecule has 0 spiro atoms. The highest BCUT2D eigenvalue weighted by Gasteiger charge is 2.16. The lowest BCUT2D eigenvalue weighted by atomic mass is 10.1. The second-order valence-electron chi connectivity index (χ2n) is 3.05. The molecule has 1 aromatic carbocycles. The van der Waals surface area contributed by atoms with Crippen LogP contribution in [0.3, 0.4) is 0 Å². The molecule has 1 atom stereocenters. The van der Waals surface area contributed by atoms with Crippen molar-refractivity contribution in [3.63, 3.8) is 0 Å². The number of carbonyl (C=O) groups is 1. The van der Waals surface area contributed by atoms with Gasteiger partial charge in [-0.15, -0.1) is 0 Å². The van der Waals surface area contributed by atoms with Crippen molar-refractivity contribution in [2.45, 2.75) is 18.2 Å².